The van der Waals surface area contributed by atoms with Gasteiger partial charge >= 0.3 is 0 Å². The van der Waals surface area contributed by atoms with Crippen molar-refractivity contribution in [2.45, 2.75) is 51.6 Å². The van der Waals surface area contributed by atoms with Gasteiger partial charge in [-0.3, -0.25) is 0 Å². The topological polar surface area (TPSA) is 12.0 Å². The maximum absolute atomic E-state index is 13.5. The minimum absolute atomic E-state index is 0.161. The van der Waals surface area contributed by atoms with Crippen molar-refractivity contribution in [3.05, 3.63) is 35.4 Å². The summed E-state index contributed by atoms with van der Waals surface area (Å²) in [5, 5.41) is 3.33. The monoisotopic (exact) mass is 253 g/mol. The van der Waals surface area contributed by atoms with Crippen LogP contribution in [-0.2, 0) is 6.54 Å². The number of hydrogen-bond acceptors (Lipinski definition) is 1. The quantitative estimate of drug-likeness (QED) is 0.802. The molecule has 1 saturated carbocycles. The van der Waals surface area contributed by atoms with E-state index in [1.165, 1.54) is 43.9 Å². The average molecular weight is 253 g/mol. The van der Waals surface area contributed by atoms with Gasteiger partial charge in [-0.2, -0.15) is 0 Å². The van der Waals surface area contributed by atoms with E-state index >= 15 is 0 Å². The third-order valence-electron chi connectivity index (χ3n) is 3.96. The molecule has 0 amide bonds. The minimum atomic E-state index is -0.455. The van der Waals surface area contributed by atoms with Crippen molar-refractivity contribution in [3.8, 4) is 0 Å². The van der Waals surface area contributed by atoms with Gasteiger partial charge in [0.2, 0.25) is 0 Å². The van der Waals surface area contributed by atoms with Crippen molar-refractivity contribution in [1.29, 1.82) is 0 Å². The number of benzene rings is 1. The summed E-state index contributed by atoms with van der Waals surface area (Å²) in [4.78, 5) is 0. The Labute approximate surface area is 108 Å². The summed E-state index contributed by atoms with van der Waals surface area (Å²) < 4.78 is 27.0. The molecule has 1 aliphatic rings. The van der Waals surface area contributed by atoms with E-state index < -0.39 is 11.6 Å². The van der Waals surface area contributed by atoms with E-state index in [-0.39, 0.29) is 12.1 Å². The maximum Gasteiger partial charge on any atom is 0.130 e. The molecule has 1 aromatic rings. The lowest BCUT2D eigenvalue weighted by atomic mass is 9.96. The lowest BCUT2D eigenvalue weighted by Gasteiger charge is -2.23. The molecule has 0 aromatic heterocycles. The molecule has 1 N–H and O–H groups in total. The van der Waals surface area contributed by atoms with E-state index in [0.717, 1.165) is 6.42 Å². The average Bonchev–Trinajstić information content (AvgIpc) is 2.54. The number of halogens is 2. The molecule has 0 saturated heterocycles. The fraction of sp³-hybridized carbons (Fsp3) is 0.600. The van der Waals surface area contributed by atoms with Crippen LogP contribution < -0.4 is 5.32 Å². The normalized spacial score (nSPS) is 24.8. The van der Waals surface area contributed by atoms with Crippen molar-refractivity contribution >= 4 is 0 Å². The van der Waals surface area contributed by atoms with Crippen molar-refractivity contribution < 1.29 is 8.78 Å². The molecule has 1 fully saturated rings. The Kier molecular flexibility index (Phi) is 4.70. The Morgan fingerprint density at radius 1 is 1.11 bits per heavy atom. The van der Waals surface area contributed by atoms with Crippen LogP contribution in [0, 0.1) is 17.6 Å². The van der Waals surface area contributed by atoms with Crippen LogP contribution in [0.5, 0.6) is 0 Å². The zero-order valence-corrected chi connectivity index (χ0v) is 10.9. The predicted molar refractivity (Wildman–Crippen MR) is 69.2 cm³/mol. The van der Waals surface area contributed by atoms with Gasteiger partial charge < -0.3 is 5.32 Å². The fourth-order valence-corrected chi connectivity index (χ4v) is 2.73. The van der Waals surface area contributed by atoms with Crippen molar-refractivity contribution in [2.75, 3.05) is 0 Å². The fourth-order valence-electron chi connectivity index (χ4n) is 2.73. The molecule has 0 spiro atoms. The van der Waals surface area contributed by atoms with Crippen molar-refractivity contribution in [1.82, 2.24) is 5.32 Å². The standard InChI is InChI=1S/C15H21F2N/c1-11-6-3-2-4-9-15(11)18-10-12-13(16)7-5-8-14(12)17/h5,7-8,11,15,18H,2-4,6,9-10H2,1H3. The second-order valence-corrected chi connectivity index (χ2v) is 5.30. The Morgan fingerprint density at radius 3 is 2.50 bits per heavy atom. The van der Waals surface area contributed by atoms with Crippen LogP contribution in [0.25, 0.3) is 0 Å². The Bertz CT molecular complexity index is 372. The summed E-state index contributed by atoms with van der Waals surface area (Å²) >= 11 is 0. The van der Waals surface area contributed by atoms with Gasteiger partial charge in [0.05, 0.1) is 0 Å². The molecule has 2 atom stereocenters. The molecule has 2 rings (SSSR count). The summed E-state index contributed by atoms with van der Waals surface area (Å²) in [6.07, 6.45) is 6.07. The first-order valence-electron chi connectivity index (χ1n) is 6.84. The third kappa shape index (κ3) is 3.29. The van der Waals surface area contributed by atoms with E-state index in [2.05, 4.69) is 12.2 Å². The first kappa shape index (κ1) is 13.5. The molecule has 0 radical (unpaired) electrons. The van der Waals surface area contributed by atoms with Gasteiger partial charge in [0, 0.05) is 18.2 Å². The SMILES string of the molecule is CC1CCCCCC1NCc1c(F)cccc1F. The number of hydrogen-bond donors (Lipinski definition) is 1. The van der Waals surface area contributed by atoms with Gasteiger partial charge in [-0.1, -0.05) is 32.3 Å². The van der Waals surface area contributed by atoms with E-state index in [1.54, 1.807) is 0 Å². The van der Waals surface area contributed by atoms with Gasteiger partial charge in [-0.05, 0) is 30.9 Å². The highest BCUT2D eigenvalue weighted by molar-refractivity contribution is 5.19. The van der Waals surface area contributed by atoms with Gasteiger partial charge in [0.15, 0.2) is 0 Å². The molecule has 18 heavy (non-hydrogen) atoms. The summed E-state index contributed by atoms with van der Waals surface area (Å²) in [5.41, 5.74) is 0.161. The van der Waals surface area contributed by atoms with Crippen LogP contribution >= 0.6 is 0 Å². The van der Waals surface area contributed by atoms with Crippen LogP contribution in [0.3, 0.4) is 0 Å². The smallest absolute Gasteiger partial charge is 0.130 e. The molecule has 3 heteroatoms. The second-order valence-electron chi connectivity index (χ2n) is 5.30. The molecule has 0 aliphatic heterocycles. The highest BCUT2D eigenvalue weighted by Gasteiger charge is 2.20. The van der Waals surface area contributed by atoms with E-state index in [1.807, 2.05) is 0 Å². The lowest BCUT2D eigenvalue weighted by Crippen LogP contribution is -2.34. The predicted octanol–water partition coefficient (Wildman–Crippen LogP) is 4.02. The highest BCUT2D eigenvalue weighted by Crippen LogP contribution is 2.23. The van der Waals surface area contributed by atoms with Crippen molar-refractivity contribution in [3.63, 3.8) is 0 Å². The van der Waals surface area contributed by atoms with Crippen LogP contribution in [0.15, 0.2) is 18.2 Å². The van der Waals surface area contributed by atoms with Gasteiger partial charge in [0.25, 0.3) is 0 Å². The third-order valence-corrected chi connectivity index (χ3v) is 3.96. The zero-order chi connectivity index (χ0) is 13.0. The first-order chi connectivity index (χ1) is 8.68. The second kappa shape index (κ2) is 6.28. The summed E-state index contributed by atoms with van der Waals surface area (Å²) in [5.74, 6) is -0.324. The van der Waals surface area contributed by atoms with Crippen LogP contribution in [0.4, 0.5) is 8.78 Å². The Morgan fingerprint density at radius 2 is 1.78 bits per heavy atom. The van der Waals surface area contributed by atoms with E-state index in [4.69, 9.17) is 0 Å². The minimum Gasteiger partial charge on any atom is -0.309 e. The van der Waals surface area contributed by atoms with Crippen LogP contribution in [-0.4, -0.2) is 6.04 Å². The molecule has 2 unspecified atom stereocenters. The molecule has 0 bridgehead atoms. The van der Waals surface area contributed by atoms with E-state index in [0.29, 0.717) is 12.0 Å². The van der Waals surface area contributed by atoms with Gasteiger partial charge in [-0.15, -0.1) is 0 Å². The summed E-state index contributed by atoms with van der Waals surface area (Å²) in [6.45, 7) is 2.51. The van der Waals surface area contributed by atoms with Crippen LogP contribution in [0.2, 0.25) is 0 Å². The number of rotatable bonds is 3. The van der Waals surface area contributed by atoms with Gasteiger partial charge in [-0.25, -0.2) is 8.78 Å². The molecule has 0 heterocycles. The molecular formula is C15H21F2N. The summed E-state index contributed by atoms with van der Waals surface area (Å²) in [6, 6.07) is 4.42. The Balaban J connectivity index is 1.98. The largest absolute Gasteiger partial charge is 0.309 e. The molecule has 100 valence electrons. The molecular weight excluding hydrogens is 232 g/mol. The Hall–Kier alpha value is -0.960. The van der Waals surface area contributed by atoms with Crippen LogP contribution in [0.1, 0.15) is 44.6 Å². The highest BCUT2D eigenvalue weighted by atomic mass is 19.1. The molecule has 1 aromatic carbocycles. The number of nitrogens with one attached hydrogen (secondary N) is 1. The lowest BCUT2D eigenvalue weighted by molar-refractivity contribution is 0.351. The summed E-state index contributed by atoms with van der Waals surface area (Å²) in [7, 11) is 0. The van der Waals surface area contributed by atoms with Crippen molar-refractivity contribution in [2.24, 2.45) is 5.92 Å². The van der Waals surface area contributed by atoms with Gasteiger partial charge in [0.1, 0.15) is 11.6 Å². The molecule has 1 nitrogen and oxygen atoms in total. The first-order valence-corrected chi connectivity index (χ1v) is 6.84. The van der Waals surface area contributed by atoms with E-state index in [9.17, 15) is 8.78 Å². The maximum atomic E-state index is 13.5. The zero-order valence-electron chi connectivity index (χ0n) is 10.9. The molecule has 1 aliphatic carbocycles.